The molecule has 4 aromatic rings. The molecule has 1 amide bonds. The van der Waals surface area contributed by atoms with Gasteiger partial charge >= 0.3 is 6.18 Å². The molecular weight excluding hydrogens is 530 g/mol. The molecule has 4 heterocycles. The molecule has 0 spiro atoms. The second kappa shape index (κ2) is 10.2. The highest BCUT2D eigenvalue weighted by atomic mass is 19.4. The number of aromatic nitrogens is 4. The van der Waals surface area contributed by atoms with E-state index in [0.717, 1.165) is 17.4 Å². The first kappa shape index (κ1) is 26.2. The van der Waals surface area contributed by atoms with Gasteiger partial charge in [0, 0.05) is 43.3 Å². The number of fused-ring (bicyclic) bond motifs is 1. The van der Waals surface area contributed by atoms with Crippen molar-refractivity contribution in [2.24, 2.45) is 4.99 Å². The average Bonchev–Trinajstić information content (AvgIpc) is 3.29. The summed E-state index contributed by atoms with van der Waals surface area (Å²) in [5, 5.41) is 7.01. The van der Waals surface area contributed by atoms with Crippen LogP contribution in [0.4, 0.5) is 23.2 Å². The van der Waals surface area contributed by atoms with Crippen molar-refractivity contribution in [1.82, 2.24) is 29.5 Å². The van der Waals surface area contributed by atoms with Gasteiger partial charge in [-0.25, -0.2) is 4.39 Å². The van der Waals surface area contributed by atoms with E-state index in [-0.39, 0.29) is 41.9 Å². The number of alkyl halides is 4. The highest BCUT2D eigenvalue weighted by Gasteiger charge is 2.32. The highest BCUT2D eigenvalue weighted by Crippen LogP contribution is 2.36. The summed E-state index contributed by atoms with van der Waals surface area (Å²) >= 11 is 0. The van der Waals surface area contributed by atoms with Crippen LogP contribution in [0, 0.1) is 0 Å². The van der Waals surface area contributed by atoms with Crippen molar-refractivity contribution in [3.8, 4) is 11.5 Å². The lowest BCUT2D eigenvalue weighted by Crippen LogP contribution is -2.39. The molecule has 1 aromatic carbocycles. The number of hydrogen-bond donors (Lipinski definition) is 1. The number of amides is 1. The maximum absolute atomic E-state index is 14.6. The van der Waals surface area contributed by atoms with Gasteiger partial charge in [-0.15, -0.1) is 0 Å². The van der Waals surface area contributed by atoms with Crippen LogP contribution in [0.3, 0.4) is 0 Å². The van der Waals surface area contributed by atoms with Gasteiger partial charge in [0.05, 0.1) is 34.7 Å². The van der Waals surface area contributed by atoms with Gasteiger partial charge < -0.3 is 23.9 Å². The number of halogens is 4. The molecule has 0 radical (unpaired) electrons. The second-order valence-electron chi connectivity index (χ2n) is 10.3. The van der Waals surface area contributed by atoms with Crippen molar-refractivity contribution >= 4 is 28.2 Å². The molecule has 2 aliphatic rings. The maximum Gasteiger partial charge on any atom is 0.406 e. The molecule has 2 fully saturated rings. The Morgan fingerprint density at radius 3 is 2.83 bits per heavy atom. The zero-order valence-corrected chi connectivity index (χ0v) is 21.7. The van der Waals surface area contributed by atoms with E-state index in [0.29, 0.717) is 41.4 Å². The zero-order chi connectivity index (χ0) is 28.0. The van der Waals surface area contributed by atoms with Crippen LogP contribution in [0.5, 0.6) is 0 Å². The van der Waals surface area contributed by atoms with Crippen LogP contribution in [0.25, 0.3) is 22.4 Å². The number of rotatable bonds is 7. The number of aliphatic imine (C=N–C) groups is 1. The zero-order valence-electron chi connectivity index (χ0n) is 21.7. The van der Waals surface area contributed by atoms with Crippen molar-refractivity contribution in [2.45, 2.75) is 50.7 Å². The molecule has 1 aliphatic heterocycles. The number of hydrogen-bond acceptors (Lipinski definition) is 6. The van der Waals surface area contributed by atoms with Crippen LogP contribution in [0.1, 0.15) is 41.6 Å². The highest BCUT2D eigenvalue weighted by molar-refractivity contribution is 5.99. The predicted molar refractivity (Wildman–Crippen MR) is 139 cm³/mol. The van der Waals surface area contributed by atoms with Gasteiger partial charge in [-0.1, -0.05) is 11.2 Å². The molecule has 0 bridgehead atoms. The number of benzene rings is 1. The molecule has 3 aromatic heterocycles. The van der Waals surface area contributed by atoms with Crippen molar-refractivity contribution in [3.05, 3.63) is 54.2 Å². The van der Waals surface area contributed by atoms with E-state index in [1.807, 2.05) is 22.7 Å². The fraction of sp³-hybridized carbons (Fsp3) is 0.407. The van der Waals surface area contributed by atoms with E-state index in [1.165, 1.54) is 6.07 Å². The summed E-state index contributed by atoms with van der Waals surface area (Å²) in [6.45, 7) is -0.528. The van der Waals surface area contributed by atoms with Gasteiger partial charge in [0.15, 0.2) is 6.17 Å². The third-order valence-electron chi connectivity index (χ3n) is 7.15. The standard InChI is InChI=1S/C27H27F4N7O2/c1-36-9-8-21(19(28)14-36)33-20-3-2-4-22-18(20)11-23(38(22)15-27(29,30)31)25-34-24(40-35-25)12-32-26(39)16-7-10-37(13-16)17-5-6-17/h2-4,7,10-11,13,17,19H,5-6,8-9,12,14-15H2,1H3,(H,32,39)/b33-21+/t19-/m0/s1. The second-order valence-corrected chi connectivity index (χ2v) is 10.3. The Labute approximate surface area is 226 Å². The molecule has 13 heteroatoms. The van der Waals surface area contributed by atoms with Crippen LogP contribution in [-0.4, -0.2) is 68.3 Å². The molecule has 0 unspecified atom stereocenters. The number of carbonyl (C=O) groups excluding carboxylic acids is 1. The summed E-state index contributed by atoms with van der Waals surface area (Å²) in [7, 11) is 1.82. The summed E-state index contributed by atoms with van der Waals surface area (Å²) in [5.74, 6) is -0.346. The molecular formula is C27H27F4N7O2. The van der Waals surface area contributed by atoms with Gasteiger partial charge in [0.25, 0.3) is 5.91 Å². The molecule has 1 saturated heterocycles. The summed E-state index contributed by atoms with van der Waals surface area (Å²) in [6.07, 6.45) is 0.458. The predicted octanol–water partition coefficient (Wildman–Crippen LogP) is 5.07. The summed E-state index contributed by atoms with van der Waals surface area (Å²) in [4.78, 5) is 23.2. The summed E-state index contributed by atoms with van der Waals surface area (Å²) in [5.41, 5.74) is 1.56. The third-order valence-corrected chi connectivity index (χ3v) is 7.15. The average molecular weight is 558 g/mol. The fourth-order valence-corrected chi connectivity index (χ4v) is 4.95. The van der Waals surface area contributed by atoms with Crippen LogP contribution in [0.15, 0.2) is 52.2 Å². The molecule has 210 valence electrons. The SMILES string of the molecule is CN1CC/C(=N\c2cccc3c2cc(-c2noc(CNC(=O)c4ccn(C5CC5)c4)n2)n3CC(F)(F)F)[C@@H](F)C1. The summed E-state index contributed by atoms with van der Waals surface area (Å²) in [6, 6.07) is 8.46. The molecule has 9 nitrogen and oxygen atoms in total. The van der Waals surface area contributed by atoms with E-state index in [1.54, 1.807) is 30.5 Å². The molecule has 40 heavy (non-hydrogen) atoms. The first-order valence-corrected chi connectivity index (χ1v) is 13.0. The lowest BCUT2D eigenvalue weighted by atomic mass is 10.1. The number of nitrogens with one attached hydrogen (secondary N) is 1. The Morgan fingerprint density at radius 1 is 1.25 bits per heavy atom. The smallest absolute Gasteiger partial charge is 0.350 e. The van der Waals surface area contributed by atoms with Crippen LogP contribution in [0.2, 0.25) is 0 Å². The quantitative estimate of drug-likeness (QED) is 0.321. The van der Waals surface area contributed by atoms with Gasteiger partial charge in [0.1, 0.15) is 6.54 Å². The van der Waals surface area contributed by atoms with Crippen LogP contribution < -0.4 is 5.32 Å². The van der Waals surface area contributed by atoms with Crippen molar-refractivity contribution in [1.29, 1.82) is 0 Å². The van der Waals surface area contributed by atoms with Crippen LogP contribution in [-0.2, 0) is 13.1 Å². The van der Waals surface area contributed by atoms with Crippen molar-refractivity contribution < 1.29 is 26.9 Å². The van der Waals surface area contributed by atoms with E-state index >= 15 is 0 Å². The number of carbonyl (C=O) groups is 1. The van der Waals surface area contributed by atoms with E-state index in [4.69, 9.17) is 4.52 Å². The van der Waals surface area contributed by atoms with Gasteiger partial charge in [-0.05, 0) is 44.2 Å². The maximum atomic E-state index is 14.6. The van der Waals surface area contributed by atoms with Gasteiger partial charge in [0.2, 0.25) is 11.7 Å². The Morgan fingerprint density at radius 2 is 2.08 bits per heavy atom. The third kappa shape index (κ3) is 5.51. The van der Waals surface area contributed by atoms with Crippen molar-refractivity contribution in [3.63, 3.8) is 0 Å². The minimum Gasteiger partial charge on any atom is -0.350 e. The van der Waals surface area contributed by atoms with Gasteiger partial charge in [-0.2, -0.15) is 18.2 Å². The number of piperidine rings is 1. The molecule has 1 aliphatic carbocycles. The molecule has 6 rings (SSSR count). The van der Waals surface area contributed by atoms with Crippen LogP contribution >= 0.6 is 0 Å². The topological polar surface area (TPSA) is 93.5 Å². The van der Waals surface area contributed by atoms with E-state index in [9.17, 15) is 22.4 Å². The Kier molecular flexibility index (Phi) is 6.69. The van der Waals surface area contributed by atoms with Gasteiger partial charge in [-0.3, -0.25) is 9.79 Å². The molecule has 1 atom stereocenters. The largest absolute Gasteiger partial charge is 0.406 e. The van der Waals surface area contributed by atoms with E-state index in [2.05, 4.69) is 20.4 Å². The number of nitrogens with zero attached hydrogens (tertiary/aromatic N) is 6. The minimum atomic E-state index is -4.53. The minimum absolute atomic E-state index is 0.0425. The first-order chi connectivity index (χ1) is 19.1. The Hall–Kier alpha value is -4.00. The molecule has 1 saturated carbocycles. The summed E-state index contributed by atoms with van der Waals surface area (Å²) < 4.78 is 63.8. The Bertz CT molecular complexity index is 1580. The van der Waals surface area contributed by atoms with Crippen molar-refractivity contribution in [2.75, 3.05) is 20.1 Å². The lowest BCUT2D eigenvalue weighted by molar-refractivity contribution is -0.139. The molecule has 1 N–H and O–H groups in total. The Balaban J connectivity index is 1.28. The number of likely N-dealkylation sites (tertiary alicyclic amines) is 1. The van der Waals surface area contributed by atoms with E-state index < -0.39 is 18.9 Å². The lowest BCUT2D eigenvalue weighted by Gasteiger charge is -2.26. The fourth-order valence-electron chi connectivity index (χ4n) is 4.95. The monoisotopic (exact) mass is 557 g/mol. The first-order valence-electron chi connectivity index (χ1n) is 13.0. The normalized spacial score (nSPS) is 19.5.